The second kappa shape index (κ2) is 8.70. The van der Waals surface area contributed by atoms with Crippen molar-refractivity contribution in [3.05, 3.63) is 58.1 Å². The lowest BCUT2D eigenvalue weighted by atomic mass is 9.88. The Morgan fingerprint density at radius 3 is 2.79 bits per heavy atom. The minimum atomic E-state index is -0.0153. The molecule has 1 atom stereocenters. The van der Waals surface area contributed by atoms with Crippen LogP contribution >= 0.6 is 11.6 Å². The van der Waals surface area contributed by atoms with Gasteiger partial charge in [-0.05, 0) is 79.6 Å². The van der Waals surface area contributed by atoms with Gasteiger partial charge >= 0.3 is 0 Å². The summed E-state index contributed by atoms with van der Waals surface area (Å²) in [5.74, 6) is 0.647. The van der Waals surface area contributed by atoms with Crippen molar-refractivity contribution in [1.82, 2.24) is 5.32 Å². The molecule has 1 aliphatic rings. The molecule has 0 heterocycles. The largest absolute Gasteiger partial charge is 0.487 e. The molecule has 2 aromatic rings. The minimum absolute atomic E-state index is 0.0153. The van der Waals surface area contributed by atoms with Crippen molar-refractivity contribution >= 4 is 23.2 Å². The number of amides is 1. The summed E-state index contributed by atoms with van der Waals surface area (Å²) in [6.07, 6.45) is 3.06. The summed E-state index contributed by atoms with van der Waals surface area (Å²) in [4.78, 5) is 11.5. The summed E-state index contributed by atoms with van der Waals surface area (Å²) < 4.78 is 6.09. The number of aryl methyl sites for hydroxylation is 1. The molecule has 5 heteroatoms. The zero-order valence-electron chi connectivity index (χ0n) is 16.6. The highest BCUT2D eigenvalue weighted by Crippen LogP contribution is 2.34. The maximum absolute atomic E-state index is 11.5. The van der Waals surface area contributed by atoms with Gasteiger partial charge in [0.15, 0.2) is 0 Å². The molecule has 1 amide bonds. The van der Waals surface area contributed by atoms with Crippen LogP contribution in [0, 0.1) is 6.92 Å². The van der Waals surface area contributed by atoms with E-state index in [1.54, 1.807) is 6.92 Å². The van der Waals surface area contributed by atoms with Gasteiger partial charge in [0.1, 0.15) is 12.4 Å². The van der Waals surface area contributed by atoms with Crippen molar-refractivity contribution in [1.29, 1.82) is 0 Å². The number of halogens is 1. The monoisotopic (exact) mass is 398 g/mol. The van der Waals surface area contributed by atoms with Crippen LogP contribution < -0.4 is 15.8 Å². The fraction of sp³-hybridized carbons (Fsp3) is 0.348. The third-order valence-electron chi connectivity index (χ3n) is 5.27. The van der Waals surface area contributed by atoms with Crippen LogP contribution in [0.5, 0.6) is 5.75 Å². The predicted octanol–water partition coefficient (Wildman–Crippen LogP) is 5.28. The van der Waals surface area contributed by atoms with Gasteiger partial charge < -0.3 is 15.8 Å². The molecule has 0 aliphatic heterocycles. The molecule has 4 nitrogen and oxygen atoms in total. The quantitative estimate of drug-likeness (QED) is 0.531. The van der Waals surface area contributed by atoms with Gasteiger partial charge in [0.25, 0.3) is 0 Å². The Morgan fingerprint density at radius 1 is 1.29 bits per heavy atom. The molecule has 2 aromatic carbocycles. The first-order valence-electron chi connectivity index (χ1n) is 9.59. The molecule has 148 valence electrons. The van der Waals surface area contributed by atoms with Crippen LogP contribution in [-0.4, -0.2) is 18.6 Å². The Labute approximate surface area is 171 Å². The Kier molecular flexibility index (Phi) is 6.30. The molecule has 1 aliphatic carbocycles. The van der Waals surface area contributed by atoms with E-state index in [9.17, 15) is 4.79 Å². The molecule has 0 saturated heterocycles. The van der Waals surface area contributed by atoms with Crippen LogP contribution in [0.25, 0.3) is 11.1 Å². The Bertz CT molecular complexity index is 921. The van der Waals surface area contributed by atoms with Crippen LogP contribution in [0.4, 0.5) is 5.69 Å². The van der Waals surface area contributed by atoms with Gasteiger partial charge in [0.2, 0.25) is 5.91 Å². The molecule has 0 spiro atoms. The van der Waals surface area contributed by atoms with Crippen molar-refractivity contribution in [2.45, 2.75) is 46.1 Å². The van der Waals surface area contributed by atoms with Crippen LogP contribution in [0.1, 0.15) is 38.7 Å². The van der Waals surface area contributed by atoms with Gasteiger partial charge in [0, 0.05) is 11.9 Å². The molecule has 28 heavy (non-hydrogen) atoms. The molecule has 3 rings (SSSR count). The second-order valence-electron chi connectivity index (χ2n) is 7.45. The molecule has 0 fully saturated rings. The normalized spacial score (nSPS) is 16.8. The number of benzene rings is 2. The van der Waals surface area contributed by atoms with Crippen molar-refractivity contribution in [2.24, 2.45) is 0 Å². The zero-order chi connectivity index (χ0) is 20.3. The number of ether oxygens (including phenoxy) is 1. The highest BCUT2D eigenvalue weighted by atomic mass is 35.5. The molecular formula is C23H27ClN2O2. The SMILES string of the molecule is CC(=O)NC1CCCC(C)=C1COc1cc(C)c(-c2cccc(Cl)c2)cc1N. The van der Waals surface area contributed by atoms with E-state index in [1.165, 1.54) is 5.57 Å². The van der Waals surface area contributed by atoms with Gasteiger partial charge in [0.05, 0.1) is 11.7 Å². The molecule has 0 bridgehead atoms. The molecule has 0 radical (unpaired) electrons. The first kappa shape index (κ1) is 20.3. The van der Waals surface area contributed by atoms with Crippen LogP contribution in [0.3, 0.4) is 0 Å². The summed E-state index contributed by atoms with van der Waals surface area (Å²) in [5, 5.41) is 3.73. The summed E-state index contributed by atoms with van der Waals surface area (Å²) in [7, 11) is 0. The Balaban J connectivity index is 1.81. The highest BCUT2D eigenvalue weighted by Gasteiger charge is 2.22. The number of nitrogen functional groups attached to an aromatic ring is 1. The number of hydrogen-bond acceptors (Lipinski definition) is 3. The topological polar surface area (TPSA) is 64.3 Å². The minimum Gasteiger partial charge on any atom is -0.487 e. The van der Waals surface area contributed by atoms with E-state index < -0.39 is 0 Å². The van der Waals surface area contributed by atoms with Crippen molar-refractivity contribution in [3.63, 3.8) is 0 Å². The molecular weight excluding hydrogens is 372 g/mol. The van der Waals surface area contributed by atoms with Gasteiger partial charge in [-0.1, -0.05) is 29.3 Å². The number of hydrogen-bond donors (Lipinski definition) is 2. The first-order valence-corrected chi connectivity index (χ1v) is 9.97. The number of allylic oxidation sites excluding steroid dienone is 1. The number of nitrogens with two attached hydrogens (primary N) is 1. The summed E-state index contributed by atoms with van der Waals surface area (Å²) in [6, 6.07) is 11.7. The van der Waals surface area contributed by atoms with Crippen LogP contribution in [-0.2, 0) is 4.79 Å². The van der Waals surface area contributed by atoms with Crippen molar-refractivity contribution in [3.8, 4) is 16.9 Å². The molecule has 1 unspecified atom stereocenters. The second-order valence-corrected chi connectivity index (χ2v) is 7.89. The van der Waals surface area contributed by atoms with E-state index in [1.807, 2.05) is 43.3 Å². The lowest BCUT2D eigenvalue weighted by molar-refractivity contribution is -0.119. The standard InChI is InChI=1S/C23H27ClN2O2/c1-14-6-4-9-22(26-16(3)27)20(14)13-28-23-10-15(2)19(12-21(23)25)17-7-5-8-18(24)11-17/h5,7-8,10-12,22H,4,6,9,13,25H2,1-3H3,(H,26,27). The Hall–Kier alpha value is -2.46. The van der Waals surface area contributed by atoms with Crippen LogP contribution in [0.2, 0.25) is 5.02 Å². The molecule has 3 N–H and O–H groups in total. The fourth-order valence-electron chi connectivity index (χ4n) is 3.78. The van der Waals surface area contributed by atoms with E-state index in [2.05, 4.69) is 12.2 Å². The lowest BCUT2D eigenvalue weighted by Crippen LogP contribution is -2.38. The van der Waals surface area contributed by atoms with Gasteiger partial charge in [-0.15, -0.1) is 0 Å². The number of carbonyl (C=O) groups excluding carboxylic acids is 1. The summed E-state index contributed by atoms with van der Waals surface area (Å²) >= 11 is 6.13. The zero-order valence-corrected chi connectivity index (χ0v) is 17.4. The summed E-state index contributed by atoms with van der Waals surface area (Å²) in [5.41, 5.74) is 12.4. The van der Waals surface area contributed by atoms with E-state index in [4.69, 9.17) is 22.1 Å². The molecule has 0 aromatic heterocycles. The number of carbonyl (C=O) groups is 1. The van der Waals surface area contributed by atoms with E-state index in [-0.39, 0.29) is 11.9 Å². The number of anilines is 1. The smallest absolute Gasteiger partial charge is 0.217 e. The maximum atomic E-state index is 11.5. The summed E-state index contributed by atoms with van der Waals surface area (Å²) in [6.45, 7) is 6.13. The third-order valence-corrected chi connectivity index (χ3v) is 5.50. The third kappa shape index (κ3) is 4.68. The molecule has 0 saturated carbocycles. The average Bonchev–Trinajstić information content (AvgIpc) is 2.63. The number of rotatable bonds is 5. The van der Waals surface area contributed by atoms with Gasteiger partial charge in [-0.2, -0.15) is 0 Å². The van der Waals surface area contributed by atoms with Crippen molar-refractivity contribution in [2.75, 3.05) is 12.3 Å². The van der Waals surface area contributed by atoms with Gasteiger partial charge in [-0.3, -0.25) is 4.79 Å². The van der Waals surface area contributed by atoms with Gasteiger partial charge in [-0.25, -0.2) is 0 Å². The van der Waals surface area contributed by atoms with E-state index >= 15 is 0 Å². The predicted molar refractivity (Wildman–Crippen MR) is 116 cm³/mol. The van der Waals surface area contributed by atoms with E-state index in [0.29, 0.717) is 23.1 Å². The number of nitrogens with one attached hydrogen (secondary N) is 1. The Morgan fingerprint density at radius 2 is 2.07 bits per heavy atom. The fourth-order valence-corrected chi connectivity index (χ4v) is 3.97. The lowest BCUT2D eigenvalue weighted by Gasteiger charge is -2.28. The van der Waals surface area contributed by atoms with Crippen molar-refractivity contribution < 1.29 is 9.53 Å². The maximum Gasteiger partial charge on any atom is 0.217 e. The average molecular weight is 399 g/mol. The van der Waals surface area contributed by atoms with E-state index in [0.717, 1.165) is 41.5 Å². The van der Waals surface area contributed by atoms with Crippen LogP contribution in [0.15, 0.2) is 47.5 Å². The highest BCUT2D eigenvalue weighted by molar-refractivity contribution is 6.30. The first-order chi connectivity index (χ1) is 13.3.